The van der Waals surface area contributed by atoms with Gasteiger partial charge in [0.2, 0.25) is 0 Å². The van der Waals surface area contributed by atoms with Gasteiger partial charge in [0.05, 0.1) is 7.11 Å². The van der Waals surface area contributed by atoms with Gasteiger partial charge < -0.3 is 14.0 Å². The number of methoxy groups -OCH3 is 1. The van der Waals surface area contributed by atoms with Crippen molar-refractivity contribution < 1.29 is 19.5 Å². The number of hydrogen-bond acceptors (Lipinski definition) is 5. The number of aromatic nitrogens is 1. The predicted octanol–water partition coefficient (Wildman–Crippen LogP) is 3.41. The zero-order valence-corrected chi connectivity index (χ0v) is 16.4. The van der Waals surface area contributed by atoms with E-state index in [1.165, 1.54) is 11.6 Å². The summed E-state index contributed by atoms with van der Waals surface area (Å²) in [6.07, 6.45) is 4.83. The lowest BCUT2D eigenvalue weighted by Crippen LogP contribution is -2.22. The fourth-order valence-corrected chi connectivity index (χ4v) is 2.81. The van der Waals surface area contributed by atoms with Gasteiger partial charge in [-0.1, -0.05) is 12.1 Å². The number of amides is 1. The second-order valence-corrected chi connectivity index (χ2v) is 6.44. The molecule has 0 aliphatic heterocycles. The van der Waals surface area contributed by atoms with Crippen LogP contribution in [0.3, 0.4) is 0 Å². The van der Waals surface area contributed by atoms with E-state index >= 15 is 0 Å². The van der Waals surface area contributed by atoms with Crippen molar-refractivity contribution in [3.8, 4) is 17.2 Å². The molecule has 30 heavy (non-hydrogen) atoms. The molecular weight excluding hydrogens is 384 g/mol. The molecule has 2 N–H and O–H groups in total. The summed E-state index contributed by atoms with van der Waals surface area (Å²) in [5.41, 5.74) is 2.71. The number of carbonyl (C=O) groups is 1. The van der Waals surface area contributed by atoms with Gasteiger partial charge in [0, 0.05) is 24.4 Å². The second-order valence-electron chi connectivity index (χ2n) is 6.44. The van der Waals surface area contributed by atoms with Gasteiger partial charge in [0.1, 0.15) is 17.2 Å². The molecule has 0 fully saturated rings. The average molecular weight is 406 g/mol. The molecule has 0 unspecified atom stereocenters. The van der Waals surface area contributed by atoms with Crippen molar-refractivity contribution in [1.29, 1.82) is 0 Å². The SMILES string of the molecule is COc1ccc(Oc2ccc(CCn3cccc(/C=C/C(=O)NO)c3=O)cc2)cc1. The third-order valence-corrected chi connectivity index (χ3v) is 4.43. The Labute approximate surface area is 173 Å². The van der Waals surface area contributed by atoms with E-state index in [-0.39, 0.29) is 5.56 Å². The van der Waals surface area contributed by atoms with Crippen molar-refractivity contribution in [2.75, 3.05) is 7.11 Å². The third kappa shape index (κ3) is 5.59. The number of ether oxygens (including phenoxy) is 2. The zero-order chi connectivity index (χ0) is 21.3. The van der Waals surface area contributed by atoms with Crippen LogP contribution in [-0.4, -0.2) is 22.8 Å². The highest BCUT2D eigenvalue weighted by atomic mass is 16.5. The van der Waals surface area contributed by atoms with Gasteiger partial charge in [-0.3, -0.25) is 14.8 Å². The third-order valence-electron chi connectivity index (χ3n) is 4.43. The normalized spacial score (nSPS) is 10.7. The molecule has 1 heterocycles. The highest BCUT2D eigenvalue weighted by Crippen LogP contribution is 2.24. The lowest BCUT2D eigenvalue weighted by Gasteiger charge is -2.09. The molecule has 1 aromatic heterocycles. The lowest BCUT2D eigenvalue weighted by molar-refractivity contribution is -0.124. The Kier molecular flexibility index (Phi) is 7.02. The highest BCUT2D eigenvalue weighted by Gasteiger charge is 2.03. The number of nitrogens with zero attached hydrogens (tertiary/aromatic N) is 1. The maximum absolute atomic E-state index is 12.5. The number of carbonyl (C=O) groups excluding carboxylic acids is 1. The quantitative estimate of drug-likeness (QED) is 0.340. The molecule has 1 amide bonds. The predicted molar refractivity (Wildman–Crippen MR) is 113 cm³/mol. The minimum Gasteiger partial charge on any atom is -0.497 e. The smallest absolute Gasteiger partial charge is 0.267 e. The molecule has 7 nitrogen and oxygen atoms in total. The summed E-state index contributed by atoms with van der Waals surface area (Å²) in [6.45, 7) is 0.491. The summed E-state index contributed by atoms with van der Waals surface area (Å²) < 4.78 is 12.5. The Hall–Kier alpha value is -3.84. The number of benzene rings is 2. The van der Waals surface area contributed by atoms with E-state index in [1.54, 1.807) is 30.0 Å². The molecule has 0 radical (unpaired) electrons. The first-order chi connectivity index (χ1) is 14.6. The molecule has 0 spiro atoms. The van der Waals surface area contributed by atoms with Crippen LogP contribution in [0.4, 0.5) is 0 Å². The van der Waals surface area contributed by atoms with E-state index in [0.29, 0.717) is 18.5 Å². The highest BCUT2D eigenvalue weighted by molar-refractivity contribution is 5.90. The first-order valence-corrected chi connectivity index (χ1v) is 9.31. The molecule has 0 bridgehead atoms. The summed E-state index contributed by atoms with van der Waals surface area (Å²) in [5, 5.41) is 8.52. The Morgan fingerprint density at radius 3 is 2.30 bits per heavy atom. The first kappa shape index (κ1) is 20.9. The molecule has 0 aliphatic carbocycles. The number of rotatable bonds is 8. The van der Waals surface area contributed by atoms with E-state index in [1.807, 2.05) is 48.5 Å². The molecule has 0 saturated heterocycles. The Morgan fingerprint density at radius 1 is 1.03 bits per heavy atom. The summed E-state index contributed by atoms with van der Waals surface area (Å²) in [5.74, 6) is 1.51. The van der Waals surface area contributed by atoms with Gasteiger partial charge in [0.15, 0.2) is 0 Å². The zero-order valence-electron chi connectivity index (χ0n) is 16.4. The molecule has 3 rings (SSSR count). The minimum absolute atomic E-state index is 0.209. The van der Waals surface area contributed by atoms with Crippen LogP contribution in [0, 0.1) is 0 Å². The van der Waals surface area contributed by atoms with E-state index in [4.69, 9.17) is 14.7 Å². The number of nitrogens with one attached hydrogen (secondary N) is 1. The van der Waals surface area contributed by atoms with Gasteiger partial charge in [-0.05, 0) is 66.6 Å². The van der Waals surface area contributed by atoms with Crippen molar-refractivity contribution in [2.45, 2.75) is 13.0 Å². The standard InChI is InChI=1S/C23H22N2O5/c1-29-19-9-11-21(12-10-19)30-20-7-4-17(5-8-20)14-16-25-15-2-3-18(23(25)27)6-13-22(26)24-28/h2-13,15,28H,14,16H2,1H3,(H,24,26)/b13-6+. The van der Waals surface area contributed by atoms with Gasteiger partial charge >= 0.3 is 0 Å². The van der Waals surface area contributed by atoms with Crippen molar-refractivity contribution in [3.63, 3.8) is 0 Å². The van der Waals surface area contributed by atoms with E-state index < -0.39 is 5.91 Å². The molecule has 154 valence electrons. The van der Waals surface area contributed by atoms with Crippen molar-refractivity contribution in [2.24, 2.45) is 0 Å². The van der Waals surface area contributed by atoms with Crippen molar-refractivity contribution in [3.05, 3.63) is 94.4 Å². The van der Waals surface area contributed by atoms with Crippen LogP contribution >= 0.6 is 0 Å². The van der Waals surface area contributed by atoms with Crippen LogP contribution in [0.5, 0.6) is 17.2 Å². The van der Waals surface area contributed by atoms with Crippen LogP contribution in [-0.2, 0) is 17.8 Å². The summed E-state index contributed by atoms with van der Waals surface area (Å²) >= 11 is 0. The molecule has 0 aliphatic rings. The lowest BCUT2D eigenvalue weighted by atomic mass is 10.1. The van der Waals surface area contributed by atoms with Gasteiger partial charge in [-0.15, -0.1) is 0 Å². The summed E-state index contributed by atoms with van der Waals surface area (Å²) in [6, 6.07) is 18.4. The summed E-state index contributed by atoms with van der Waals surface area (Å²) in [4.78, 5) is 23.6. The molecule has 0 atom stereocenters. The van der Waals surface area contributed by atoms with Gasteiger partial charge in [-0.2, -0.15) is 0 Å². The van der Waals surface area contributed by atoms with E-state index in [0.717, 1.165) is 28.9 Å². The second kappa shape index (κ2) is 10.1. The van der Waals surface area contributed by atoms with Crippen LogP contribution < -0.4 is 20.5 Å². The molecule has 7 heteroatoms. The number of pyridine rings is 1. The van der Waals surface area contributed by atoms with Gasteiger partial charge in [0.25, 0.3) is 11.5 Å². The number of hydrogen-bond donors (Lipinski definition) is 2. The topological polar surface area (TPSA) is 89.8 Å². The monoisotopic (exact) mass is 406 g/mol. The van der Waals surface area contributed by atoms with Crippen LogP contribution in [0.15, 0.2) is 77.7 Å². The molecular formula is C23H22N2O5. The van der Waals surface area contributed by atoms with E-state index in [2.05, 4.69) is 0 Å². The van der Waals surface area contributed by atoms with E-state index in [9.17, 15) is 9.59 Å². The maximum atomic E-state index is 12.5. The Morgan fingerprint density at radius 2 is 1.67 bits per heavy atom. The average Bonchev–Trinajstić information content (AvgIpc) is 2.79. The fraction of sp³-hybridized carbons (Fsp3) is 0.130. The molecule has 0 saturated carbocycles. The summed E-state index contributed by atoms with van der Waals surface area (Å²) in [7, 11) is 1.62. The largest absolute Gasteiger partial charge is 0.497 e. The number of hydroxylamine groups is 1. The molecule has 3 aromatic rings. The molecule has 2 aromatic carbocycles. The Bertz CT molecular complexity index is 1070. The fourth-order valence-electron chi connectivity index (χ4n) is 2.81. The maximum Gasteiger partial charge on any atom is 0.267 e. The van der Waals surface area contributed by atoms with Crippen LogP contribution in [0.2, 0.25) is 0 Å². The minimum atomic E-state index is -0.693. The van der Waals surface area contributed by atoms with Crippen molar-refractivity contribution >= 4 is 12.0 Å². The number of aryl methyl sites for hydroxylation is 2. The Balaban J connectivity index is 1.61. The van der Waals surface area contributed by atoms with Crippen LogP contribution in [0.25, 0.3) is 6.08 Å². The van der Waals surface area contributed by atoms with Crippen LogP contribution in [0.1, 0.15) is 11.1 Å². The van der Waals surface area contributed by atoms with Gasteiger partial charge in [-0.25, -0.2) is 5.48 Å². The first-order valence-electron chi connectivity index (χ1n) is 9.31. The van der Waals surface area contributed by atoms with Crippen molar-refractivity contribution in [1.82, 2.24) is 10.0 Å².